The Balaban J connectivity index is 2.21. The summed E-state index contributed by atoms with van der Waals surface area (Å²) in [5.74, 6) is 1.84. The van der Waals surface area contributed by atoms with E-state index in [2.05, 4.69) is 37.4 Å². The number of para-hydroxylation sites is 1. The highest BCUT2D eigenvalue weighted by atomic mass is 16.5. The number of nitrogens with one attached hydrogen (secondary N) is 2. The van der Waals surface area contributed by atoms with Crippen LogP contribution in [0.4, 0.5) is 5.69 Å². The number of ether oxygens (including phenoxy) is 1. The average molecular weight is 280 g/mol. The molecule has 0 saturated carbocycles. The Morgan fingerprint density at radius 3 is 2.48 bits per heavy atom. The van der Waals surface area contributed by atoms with Gasteiger partial charge in [0.2, 0.25) is 0 Å². The van der Waals surface area contributed by atoms with Gasteiger partial charge in [0.1, 0.15) is 11.5 Å². The van der Waals surface area contributed by atoms with Crippen LogP contribution in [0.2, 0.25) is 0 Å². The number of hydrogen-bond donors (Lipinski definition) is 2. The SMILES string of the molecule is CCC1(CC)c2ccccc2Oc2cc(NC=N)ccc21. The van der Waals surface area contributed by atoms with Crippen LogP contribution in [0, 0.1) is 5.41 Å². The molecular formula is C18H20N2O. The zero-order valence-corrected chi connectivity index (χ0v) is 12.4. The highest BCUT2D eigenvalue weighted by Gasteiger charge is 2.39. The molecule has 2 aromatic rings. The van der Waals surface area contributed by atoms with Crippen molar-refractivity contribution in [2.24, 2.45) is 0 Å². The molecule has 0 aliphatic carbocycles. The van der Waals surface area contributed by atoms with Gasteiger partial charge < -0.3 is 10.1 Å². The van der Waals surface area contributed by atoms with Gasteiger partial charge in [0.05, 0.1) is 6.34 Å². The Labute approximate surface area is 125 Å². The third-order valence-electron chi connectivity index (χ3n) is 4.57. The summed E-state index contributed by atoms with van der Waals surface area (Å²) in [5.41, 5.74) is 3.40. The molecule has 3 heteroatoms. The highest BCUT2D eigenvalue weighted by molar-refractivity contribution is 5.75. The Morgan fingerprint density at radius 2 is 1.76 bits per heavy atom. The number of fused-ring (bicyclic) bond motifs is 2. The van der Waals surface area contributed by atoms with Crippen molar-refractivity contribution in [2.75, 3.05) is 5.32 Å². The minimum absolute atomic E-state index is 0.00733. The monoisotopic (exact) mass is 280 g/mol. The maximum Gasteiger partial charge on any atom is 0.133 e. The van der Waals surface area contributed by atoms with Crippen molar-refractivity contribution in [1.82, 2.24) is 0 Å². The Morgan fingerprint density at radius 1 is 1.05 bits per heavy atom. The molecule has 0 atom stereocenters. The van der Waals surface area contributed by atoms with Gasteiger partial charge in [0.15, 0.2) is 0 Å². The largest absolute Gasteiger partial charge is 0.457 e. The maximum atomic E-state index is 7.17. The summed E-state index contributed by atoms with van der Waals surface area (Å²) in [6, 6.07) is 14.4. The molecule has 1 aliphatic heterocycles. The molecular weight excluding hydrogens is 260 g/mol. The fourth-order valence-electron chi connectivity index (χ4n) is 3.40. The number of rotatable bonds is 4. The van der Waals surface area contributed by atoms with Gasteiger partial charge in [0.25, 0.3) is 0 Å². The number of hydrogen-bond acceptors (Lipinski definition) is 2. The van der Waals surface area contributed by atoms with E-state index in [0.717, 1.165) is 30.0 Å². The molecule has 21 heavy (non-hydrogen) atoms. The molecule has 0 amide bonds. The smallest absolute Gasteiger partial charge is 0.133 e. The van der Waals surface area contributed by atoms with Gasteiger partial charge in [-0.3, -0.25) is 5.41 Å². The molecule has 0 saturated heterocycles. The summed E-state index contributed by atoms with van der Waals surface area (Å²) in [7, 11) is 0. The van der Waals surface area contributed by atoms with Gasteiger partial charge in [-0.15, -0.1) is 0 Å². The lowest BCUT2D eigenvalue weighted by Crippen LogP contribution is -2.30. The van der Waals surface area contributed by atoms with Gasteiger partial charge in [-0.1, -0.05) is 38.1 Å². The lowest BCUT2D eigenvalue weighted by atomic mass is 9.69. The van der Waals surface area contributed by atoms with Crippen molar-refractivity contribution < 1.29 is 4.74 Å². The topological polar surface area (TPSA) is 45.1 Å². The summed E-state index contributed by atoms with van der Waals surface area (Å²) in [6.07, 6.45) is 3.26. The van der Waals surface area contributed by atoms with E-state index in [4.69, 9.17) is 10.1 Å². The van der Waals surface area contributed by atoms with Crippen molar-refractivity contribution in [3.05, 3.63) is 53.6 Å². The maximum absolute atomic E-state index is 7.17. The van der Waals surface area contributed by atoms with E-state index < -0.39 is 0 Å². The molecule has 2 aromatic carbocycles. The van der Waals surface area contributed by atoms with Crippen molar-refractivity contribution in [3.63, 3.8) is 0 Å². The van der Waals surface area contributed by atoms with E-state index in [1.807, 2.05) is 24.3 Å². The first-order valence-electron chi connectivity index (χ1n) is 7.42. The van der Waals surface area contributed by atoms with E-state index in [-0.39, 0.29) is 5.41 Å². The van der Waals surface area contributed by atoms with Crippen LogP contribution >= 0.6 is 0 Å². The minimum Gasteiger partial charge on any atom is -0.457 e. The third kappa shape index (κ3) is 2.00. The fraction of sp³-hybridized carbons (Fsp3) is 0.278. The molecule has 0 radical (unpaired) electrons. The molecule has 1 aliphatic rings. The van der Waals surface area contributed by atoms with E-state index in [1.165, 1.54) is 17.5 Å². The first kappa shape index (κ1) is 13.7. The van der Waals surface area contributed by atoms with Crippen molar-refractivity contribution in [2.45, 2.75) is 32.1 Å². The molecule has 108 valence electrons. The van der Waals surface area contributed by atoms with Crippen LogP contribution in [0.1, 0.15) is 37.8 Å². The van der Waals surface area contributed by atoms with E-state index in [1.54, 1.807) is 0 Å². The fourth-order valence-corrected chi connectivity index (χ4v) is 3.40. The van der Waals surface area contributed by atoms with Crippen LogP contribution in [-0.4, -0.2) is 6.34 Å². The predicted octanol–water partition coefficient (Wildman–Crippen LogP) is 4.92. The van der Waals surface area contributed by atoms with Crippen LogP contribution in [0.15, 0.2) is 42.5 Å². The van der Waals surface area contributed by atoms with Gasteiger partial charge in [0, 0.05) is 28.3 Å². The second-order valence-electron chi connectivity index (χ2n) is 5.39. The molecule has 0 fully saturated rings. The minimum atomic E-state index is 0.00733. The molecule has 0 spiro atoms. The molecule has 0 aromatic heterocycles. The zero-order valence-electron chi connectivity index (χ0n) is 12.4. The second kappa shape index (κ2) is 5.24. The summed E-state index contributed by atoms with van der Waals surface area (Å²) in [6.45, 7) is 4.47. The van der Waals surface area contributed by atoms with Crippen LogP contribution in [-0.2, 0) is 5.41 Å². The van der Waals surface area contributed by atoms with Crippen molar-refractivity contribution in [3.8, 4) is 11.5 Å². The lowest BCUT2D eigenvalue weighted by molar-refractivity contribution is 0.375. The number of anilines is 1. The molecule has 0 bridgehead atoms. The average Bonchev–Trinajstić information content (AvgIpc) is 2.53. The summed E-state index contributed by atoms with van der Waals surface area (Å²) < 4.78 is 6.11. The third-order valence-corrected chi connectivity index (χ3v) is 4.57. The van der Waals surface area contributed by atoms with E-state index in [9.17, 15) is 0 Å². The van der Waals surface area contributed by atoms with Gasteiger partial charge in [-0.05, 0) is 25.0 Å². The van der Waals surface area contributed by atoms with Gasteiger partial charge in [-0.25, -0.2) is 0 Å². The second-order valence-corrected chi connectivity index (χ2v) is 5.39. The zero-order chi connectivity index (χ0) is 14.9. The van der Waals surface area contributed by atoms with E-state index in [0.29, 0.717) is 0 Å². The van der Waals surface area contributed by atoms with Gasteiger partial charge >= 0.3 is 0 Å². The number of benzene rings is 2. The van der Waals surface area contributed by atoms with Crippen LogP contribution < -0.4 is 10.1 Å². The lowest BCUT2D eigenvalue weighted by Gasteiger charge is -2.39. The molecule has 3 rings (SSSR count). The van der Waals surface area contributed by atoms with Crippen molar-refractivity contribution >= 4 is 12.0 Å². The summed E-state index contributed by atoms with van der Waals surface area (Å²) in [4.78, 5) is 0. The summed E-state index contributed by atoms with van der Waals surface area (Å²) in [5, 5.41) is 10.1. The Hall–Kier alpha value is -2.29. The molecule has 3 nitrogen and oxygen atoms in total. The predicted molar refractivity (Wildman–Crippen MR) is 86.7 cm³/mol. The summed E-state index contributed by atoms with van der Waals surface area (Å²) >= 11 is 0. The first-order chi connectivity index (χ1) is 10.2. The normalized spacial score (nSPS) is 14.6. The van der Waals surface area contributed by atoms with Gasteiger partial charge in [-0.2, -0.15) is 0 Å². The highest BCUT2D eigenvalue weighted by Crippen LogP contribution is 2.52. The quantitative estimate of drug-likeness (QED) is 0.617. The molecule has 2 N–H and O–H groups in total. The molecule has 0 unspecified atom stereocenters. The van der Waals surface area contributed by atoms with E-state index >= 15 is 0 Å². The first-order valence-corrected chi connectivity index (χ1v) is 7.42. The van der Waals surface area contributed by atoms with Crippen LogP contribution in [0.3, 0.4) is 0 Å². The van der Waals surface area contributed by atoms with Crippen LogP contribution in [0.25, 0.3) is 0 Å². The van der Waals surface area contributed by atoms with Crippen molar-refractivity contribution in [1.29, 1.82) is 5.41 Å². The molecule has 1 heterocycles. The standard InChI is InChI=1S/C18H20N2O/c1-3-18(4-2)14-7-5-6-8-16(14)21-17-11-13(20-12-19)9-10-15(17)18/h5-12H,3-4H2,1-2H3,(H2,19,20). The Bertz CT molecular complexity index is 675. The van der Waals surface area contributed by atoms with Crippen LogP contribution in [0.5, 0.6) is 11.5 Å². The Kier molecular flexibility index (Phi) is 3.42.